The smallest absolute Gasteiger partial charge is 0.247 e. The summed E-state index contributed by atoms with van der Waals surface area (Å²) in [5.41, 5.74) is 1.49. The molecule has 0 unspecified atom stereocenters. The molecule has 2 amide bonds. The lowest BCUT2D eigenvalue weighted by Gasteiger charge is -2.24. The zero-order chi connectivity index (χ0) is 17.1. The molecule has 1 N–H and O–H groups in total. The van der Waals surface area contributed by atoms with E-state index in [0.717, 1.165) is 5.56 Å². The third-order valence-electron chi connectivity index (χ3n) is 4.04. The van der Waals surface area contributed by atoms with Gasteiger partial charge in [0.05, 0.1) is 0 Å². The molecule has 1 aliphatic heterocycles. The van der Waals surface area contributed by atoms with E-state index in [0.29, 0.717) is 35.1 Å². The van der Waals surface area contributed by atoms with Gasteiger partial charge >= 0.3 is 0 Å². The summed E-state index contributed by atoms with van der Waals surface area (Å²) >= 11 is 12.0. The van der Waals surface area contributed by atoms with Crippen LogP contribution in [0.3, 0.4) is 0 Å². The number of halogens is 2. The summed E-state index contributed by atoms with van der Waals surface area (Å²) in [7, 11) is 0. The highest BCUT2D eigenvalue weighted by Gasteiger charge is 2.36. The van der Waals surface area contributed by atoms with Gasteiger partial charge in [-0.2, -0.15) is 0 Å². The Hall–Kier alpha value is -2.04. The zero-order valence-corrected chi connectivity index (χ0v) is 14.3. The Bertz CT molecular complexity index is 762. The number of amides is 2. The fraction of sp³-hybridized carbons (Fsp3) is 0.222. The molecule has 1 atom stereocenters. The SMILES string of the molecule is O=C(Nc1ccc(Cl)cc1)[C@@H]1CCC(=O)N1Cc1ccccc1Cl. The van der Waals surface area contributed by atoms with Crippen LogP contribution in [0.5, 0.6) is 0 Å². The van der Waals surface area contributed by atoms with Crippen molar-refractivity contribution in [2.75, 3.05) is 5.32 Å². The Balaban J connectivity index is 1.73. The number of hydrogen-bond donors (Lipinski definition) is 1. The topological polar surface area (TPSA) is 49.4 Å². The van der Waals surface area contributed by atoms with E-state index in [2.05, 4.69) is 5.32 Å². The number of nitrogens with zero attached hydrogens (tertiary/aromatic N) is 1. The van der Waals surface area contributed by atoms with Crippen LogP contribution < -0.4 is 5.32 Å². The summed E-state index contributed by atoms with van der Waals surface area (Å²) in [4.78, 5) is 26.3. The van der Waals surface area contributed by atoms with Crippen LogP contribution in [0.2, 0.25) is 10.0 Å². The number of anilines is 1. The summed E-state index contributed by atoms with van der Waals surface area (Å²) in [5.74, 6) is -0.235. The van der Waals surface area contributed by atoms with Gasteiger partial charge in [-0.05, 0) is 42.3 Å². The van der Waals surface area contributed by atoms with Gasteiger partial charge in [0.2, 0.25) is 11.8 Å². The molecule has 3 rings (SSSR count). The molecule has 0 spiro atoms. The third-order valence-corrected chi connectivity index (χ3v) is 4.66. The fourth-order valence-electron chi connectivity index (χ4n) is 2.77. The first-order valence-corrected chi connectivity index (χ1v) is 8.39. The van der Waals surface area contributed by atoms with Crippen molar-refractivity contribution in [1.82, 2.24) is 4.90 Å². The first-order valence-electron chi connectivity index (χ1n) is 7.64. The molecular weight excluding hydrogens is 347 g/mol. The minimum atomic E-state index is -0.496. The van der Waals surface area contributed by atoms with E-state index in [1.807, 2.05) is 18.2 Å². The number of carbonyl (C=O) groups excluding carboxylic acids is 2. The lowest BCUT2D eigenvalue weighted by molar-refractivity contribution is -0.133. The van der Waals surface area contributed by atoms with Crippen molar-refractivity contribution in [2.45, 2.75) is 25.4 Å². The molecule has 124 valence electrons. The molecule has 1 fully saturated rings. The zero-order valence-electron chi connectivity index (χ0n) is 12.8. The minimum absolute atomic E-state index is 0.0359. The second-order valence-electron chi connectivity index (χ2n) is 5.66. The van der Waals surface area contributed by atoms with Crippen molar-refractivity contribution in [2.24, 2.45) is 0 Å². The van der Waals surface area contributed by atoms with Crippen molar-refractivity contribution < 1.29 is 9.59 Å². The van der Waals surface area contributed by atoms with E-state index in [9.17, 15) is 9.59 Å². The van der Waals surface area contributed by atoms with Gasteiger partial charge in [0.25, 0.3) is 0 Å². The standard InChI is InChI=1S/C18H16Cl2N2O2/c19-13-5-7-14(8-6-13)21-18(24)16-9-10-17(23)22(16)11-12-3-1-2-4-15(12)20/h1-8,16H,9-11H2,(H,21,24)/t16-/m0/s1. The molecule has 6 heteroatoms. The maximum atomic E-state index is 12.6. The van der Waals surface area contributed by atoms with Crippen LogP contribution in [0, 0.1) is 0 Å². The van der Waals surface area contributed by atoms with Crippen LogP contribution >= 0.6 is 23.2 Å². The van der Waals surface area contributed by atoms with Gasteiger partial charge in [-0.25, -0.2) is 0 Å². The number of carbonyl (C=O) groups is 2. The molecule has 4 nitrogen and oxygen atoms in total. The van der Waals surface area contributed by atoms with Crippen LogP contribution in [0.4, 0.5) is 5.69 Å². The van der Waals surface area contributed by atoms with Gasteiger partial charge in [-0.3, -0.25) is 9.59 Å². The molecule has 0 aromatic heterocycles. The molecule has 1 aliphatic rings. The van der Waals surface area contributed by atoms with Crippen LogP contribution in [0.25, 0.3) is 0 Å². The van der Waals surface area contributed by atoms with Gasteiger partial charge in [0.15, 0.2) is 0 Å². The lowest BCUT2D eigenvalue weighted by Crippen LogP contribution is -2.41. The third kappa shape index (κ3) is 3.71. The molecule has 24 heavy (non-hydrogen) atoms. The summed E-state index contributed by atoms with van der Waals surface area (Å²) in [6, 6.07) is 13.7. The average molecular weight is 363 g/mol. The Kier molecular flexibility index (Phi) is 5.07. The number of nitrogens with one attached hydrogen (secondary N) is 1. The first kappa shape index (κ1) is 16.8. The monoisotopic (exact) mass is 362 g/mol. The molecule has 0 radical (unpaired) electrons. The van der Waals surface area contributed by atoms with Crippen molar-refractivity contribution in [3.05, 3.63) is 64.1 Å². The Morgan fingerprint density at radius 3 is 2.54 bits per heavy atom. The molecular formula is C18H16Cl2N2O2. The molecule has 0 saturated carbocycles. The normalized spacial score (nSPS) is 17.2. The predicted molar refractivity (Wildman–Crippen MR) is 95.1 cm³/mol. The lowest BCUT2D eigenvalue weighted by atomic mass is 10.1. The van der Waals surface area contributed by atoms with E-state index in [-0.39, 0.29) is 11.8 Å². The summed E-state index contributed by atoms with van der Waals surface area (Å²) in [6.07, 6.45) is 0.867. The molecule has 2 aromatic rings. The average Bonchev–Trinajstić information content (AvgIpc) is 2.93. The second kappa shape index (κ2) is 7.24. The molecule has 0 bridgehead atoms. The molecule has 0 aliphatic carbocycles. The Morgan fingerprint density at radius 1 is 1.12 bits per heavy atom. The van der Waals surface area contributed by atoms with Crippen molar-refractivity contribution in [3.8, 4) is 0 Å². The molecule has 1 saturated heterocycles. The van der Waals surface area contributed by atoms with Crippen molar-refractivity contribution >= 4 is 40.7 Å². The maximum Gasteiger partial charge on any atom is 0.247 e. The molecule has 1 heterocycles. The fourth-order valence-corrected chi connectivity index (χ4v) is 3.09. The number of likely N-dealkylation sites (tertiary alicyclic amines) is 1. The summed E-state index contributed by atoms with van der Waals surface area (Å²) < 4.78 is 0. The van der Waals surface area contributed by atoms with Crippen LogP contribution in [-0.4, -0.2) is 22.8 Å². The van der Waals surface area contributed by atoms with E-state index in [1.165, 1.54) is 0 Å². The Morgan fingerprint density at radius 2 is 1.83 bits per heavy atom. The van der Waals surface area contributed by atoms with Crippen LogP contribution in [0.1, 0.15) is 18.4 Å². The van der Waals surface area contributed by atoms with Crippen LogP contribution in [0.15, 0.2) is 48.5 Å². The van der Waals surface area contributed by atoms with Gasteiger partial charge in [-0.1, -0.05) is 41.4 Å². The van der Waals surface area contributed by atoms with Gasteiger partial charge < -0.3 is 10.2 Å². The highest BCUT2D eigenvalue weighted by Crippen LogP contribution is 2.26. The predicted octanol–water partition coefficient (Wildman–Crippen LogP) is 4.12. The van der Waals surface area contributed by atoms with E-state index in [1.54, 1.807) is 35.2 Å². The Labute approximate surface area is 150 Å². The first-order chi connectivity index (χ1) is 11.5. The van der Waals surface area contributed by atoms with Gasteiger partial charge in [0, 0.05) is 28.7 Å². The quantitative estimate of drug-likeness (QED) is 0.888. The number of rotatable bonds is 4. The molecule has 2 aromatic carbocycles. The van der Waals surface area contributed by atoms with Gasteiger partial charge in [0.1, 0.15) is 6.04 Å². The summed E-state index contributed by atoms with van der Waals surface area (Å²) in [6.45, 7) is 0.331. The van der Waals surface area contributed by atoms with E-state index >= 15 is 0 Å². The second-order valence-corrected chi connectivity index (χ2v) is 6.51. The van der Waals surface area contributed by atoms with E-state index < -0.39 is 6.04 Å². The van der Waals surface area contributed by atoms with Crippen LogP contribution in [-0.2, 0) is 16.1 Å². The summed E-state index contributed by atoms with van der Waals surface area (Å²) in [5, 5.41) is 4.03. The van der Waals surface area contributed by atoms with Crippen molar-refractivity contribution in [1.29, 1.82) is 0 Å². The van der Waals surface area contributed by atoms with E-state index in [4.69, 9.17) is 23.2 Å². The largest absolute Gasteiger partial charge is 0.326 e. The number of hydrogen-bond acceptors (Lipinski definition) is 2. The number of benzene rings is 2. The maximum absolute atomic E-state index is 12.6. The van der Waals surface area contributed by atoms with Gasteiger partial charge in [-0.15, -0.1) is 0 Å². The highest BCUT2D eigenvalue weighted by molar-refractivity contribution is 6.31. The van der Waals surface area contributed by atoms with Crippen molar-refractivity contribution in [3.63, 3.8) is 0 Å². The highest BCUT2D eigenvalue weighted by atomic mass is 35.5. The minimum Gasteiger partial charge on any atom is -0.326 e.